The van der Waals surface area contributed by atoms with Crippen LogP contribution < -0.4 is 15.8 Å². The number of benzene rings is 2. The molecule has 1 amide bonds. The maximum absolute atomic E-state index is 12.3. The molecule has 4 heteroatoms. The summed E-state index contributed by atoms with van der Waals surface area (Å²) in [6.07, 6.45) is 0. The van der Waals surface area contributed by atoms with Gasteiger partial charge in [0.05, 0.1) is 6.61 Å². The van der Waals surface area contributed by atoms with Gasteiger partial charge in [0.2, 0.25) is 0 Å². The fraction of sp³-hybridized carbons (Fsp3) is 0.235. The Kier molecular flexibility index (Phi) is 4.48. The summed E-state index contributed by atoms with van der Waals surface area (Å²) in [5.41, 5.74) is 9.60. The molecule has 21 heavy (non-hydrogen) atoms. The van der Waals surface area contributed by atoms with Crippen molar-refractivity contribution in [3.8, 4) is 5.75 Å². The molecule has 2 aromatic carbocycles. The van der Waals surface area contributed by atoms with Crippen LogP contribution in [0.2, 0.25) is 0 Å². The van der Waals surface area contributed by atoms with Gasteiger partial charge in [0, 0.05) is 16.9 Å². The van der Waals surface area contributed by atoms with Crippen LogP contribution in [0.4, 0.5) is 11.4 Å². The quantitative estimate of drug-likeness (QED) is 0.844. The van der Waals surface area contributed by atoms with Crippen LogP contribution >= 0.6 is 0 Å². The largest absolute Gasteiger partial charge is 0.494 e. The lowest BCUT2D eigenvalue weighted by molar-refractivity contribution is 0.102. The number of amides is 1. The van der Waals surface area contributed by atoms with Crippen LogP contribution in [0.25, 0.3) is 0 Å². The Morgan fingerprint density at radius 1 is 1.19 bits per heavy atom. The number of hydrogen-bond acceptors (Lipinski definition) is 3. The van der Waals surface area contributed by atoms with Gasteiger partial charge < -0.3 is 15.8 Å². The van der Waals surface area contributed by atoms with Crippen molar-refractivity contribution in [2.75, 3.05) is 17.7 Å². The van der Waals surface area contributed by atoms with E-state index in [2.05, 4.69) is 5.32 Å². The van der Waals surface area contributed by atoms with Gasteiger partial charge in [0.25, 0.3) is 5.91 Å². The molecule has 0 aliphatic carbocycles. The molecule has 3 N–H and O–H groups in total. The third-order valence-electron chi connectivity index (χ3n) is 3.12. The minimum absolute atomic E-state index is 0.169. The predicted octanol–water partition coefficient (Wildman–Crippen LogP) is 3.54. The summed E-state index contributed by atoms with van der Waals surface area (Å²) in [4.78, 5) is 12.3. The molecule has 0 aromatic heterocycles. The predicted molar refractivity (Wildman–Crippen MR) is 85.9 cm³/mol. The van der Waals surface area contributed by atoms with Crippen molar-refractivity contribution in [2.24, 2.45) is 0 Å². The molecule has 0 saturated heterocycles. The van der Waals surface area contributed by atoms with Crippen molar-refractivity contribution in [1.29, 1.82) is 0 Å². The van der Waals surface area contributed by atoms with E-state index in [0.29, 0.717) is 17.9 Å². The van der Waals surface area contributed by atoms with Gasteiger partial charge >= 0.3 is 0 Å². The minimum atomic E-state index is -0.169. The van der Waals surface area contributed by atoms with Gasteiger partial charge in [-0.3, -0.25) is 4.79 Å². The molecule has 0 saturated carbocycles. The van der Waals surface area contributed by atoms with Gasteiger partial charge in [-0.2, -0.15) is 0 Å². The number of hydrogen-bond donors (Lipinski definition) is 2. The van der Waals surface area contributed by atoms with Crippen LogP contribution in [-0.2, 0) is 0 Å². The van der Waals surface area contributed by atoms with E-state index in [4.69, 9.17) is 10.5 Å². The summed E-state index contributed by atoms with van der Waals surface area (Å²) in [7, 11) is 0. The van der Waals surface area contributed by atoms with E-state index in [9.17, 15) is 4.79 Å². The molecule has 0 heterocycles. The first-order valence-corrected chi connectivity index (χ1v) is 6.91. The topological polar surface area (TPSA) is 64.3 Å². The number of carbonyl (C=O) groups excluding carboxylic acids is 1. The number of rotatable bonds is 4. The number of nitrogen functional groups attached to an aromatic ring is 1. The zero-order valence-corrected chi connectivity index (χ0v) is 12.6. The lowest BCUT2D eigenvalue weighted by Crippen LogP contribution is -2.13. The van der Waals surface area contributed by atoms with Gasteiger partial charge in [-0.05, 0) is 68.3 Å². The highest BCUT2D eigenvalue weighted by atomic mass is 16.5. The van der Waals surface area contributed by atoms with Gasteiger partial charge in [-0.15, -0.1) is 0 Å². The van der Waals surface area contributed by atoms with Gasteiger partial charge in [-0.1, -0.05) is 0 Å². The Hall–Kier alpha value is -2.49. The molecule has 0 spiro atoms. The number of ether oxygens (including phenoxy) is 1. The Morgan fingerprint density at radius 3 is 2.57 bits per heavy atom. The van der Waals surface area contributed by atoms with Crippen molar-refractivity contribution in [2.45, 2.75) is 20.8 Å². The zero-order chi connectivity index (χ0) is 15.4. The van der Waals surface area contributed by atoms with E-state index < -0.39 is 0 Å². The molecule has 110 valence electrons. The number of anilines is 2. The van der Waals surface area contributed by atoms with E-state index in [-0.39, 0.29) is 5.91 Å². The highest BCUT2D eigenvalue weighted by Gasteiger charge is 2.09. The van der Waals surface area contributed by atoms with E-state index in [1.54, 1.807) is 6.07 Å². The zero-order valence-electron chi connectivity index (χ0n) is 12.6. The summed E-state index contributed by atoms with van der Waals surface area (Å²) in [6.45, 7) is 6.40. The molecule has 4 nitrogen and oxygen atoms in total. The van der Waals surface area contributed by atoms with E-state index in [1.807, 2.05) is 51.1 Å². The van der Waals surface area contributed by atoms with Crippen molar-refractivity contribution in [3.63, 3.8) is 0 Å². The highest BCUT2D eigenvalue weighted by molar-refractivity contribution is 6.05. The van der Waals surface area contributed by atoms with Gasteiger partial charge in [0.1, 0.15) is 5.75 Å². The standard InChI is InChI=1S/C17H20N2O2/c1-4-21-15-5-6-16(12(3)9-15)19-17(20)13-7-11(2)8-14(18)10-13/h5-10H,4,18H2,1-3H3,(H,19,20). The molecule has 0 radical (unpaired) electrons. The fourth-order valence-corrected chi connectivity index (χ4v) is 2.17. The number of nitrogens with one attached hydrogen (secondary N) is 1. The average molecular weight is 284 g/mol. The van der Waals surface area contributed by atoms with Gasteiger partial charge in [0.15, 0.2) is 0 Å². The number of aryl methyl sites for hydroxylation is 2. The Bertz CT molecular complexity index is 646. The third-order valence-corrected chi connectivity index (χ3v) is 3.12. The molecule has 0 atom stereocenters. The van der Waals surface area contributed by atoms with Crippen molar-refractivity contribution in [3.05, 3.63) is 53.1 Å². The van der Waals surface area contributed by atoms with Crippen LogP contribution in [0.1, 0.15) is 28.4 Å². The lowest BCUT2D eigenvalue weighted by Gasteiger charge is -2.11. The molecular weight excluding hydrogens is 264 g/mol. The Labute approximate surface area is 124 Å². The molecule has 0 aliphatic heterocycles. The Balaban J connectivity index is 2.19. The minimum Gasteiger partial charge on any atom is -0.494 e. The van der Waals surface area contributed by atoms with Crippen molar-refractivity contribution in [1.82, 2.24) is 0 Å². The second-order valence-corrected chi connectivity index (χ2v) is 5.00. The molecule has 2 rings (SSSR count). The van der Waals surface area contributed by atoms with Gasteiger partial charge in [-0.25, -0.2) is 0 Å². The molecule has 0 aliphatic rings. The number of nitrogens with two attached hydrogens (primary N) is 1. The smallest absolute Gasteiger partial charge is 0.255 e. The molecule has 2 aromatic rings. The molecular formula is C17H20N2O2. The summed E-state index contributed by atoms with van der Waals surface area (Å²) < 4.78 is 5.43. The first kappa shape index (κ1) is 14.9. The normalized spacial score (nSPS) is 10.2. The molecule has 0 bridgehead atoms. The third kappa shape index (κ3) is 3.75. The fourth-order valence-electron chi connectivity index (χ4n) is 2.17. The van der Waals surface area contributed by atoms with E-state index >= 15 is 0 Å². The maximum atomic E-state index is 12.3. The van der Waals surface area contributed by atoms with Crippen LogP contribution in [-0.4, -0.2) is 12.5 Å². The van der Waals surface area contributed by atoms with Crippen LogP contribution in [0.5, 0.6) is 5.75 Å². The summed E-state index contributed by atoms with van der Waals surface area (Å²) in [6, 6.07) is 10.9. The lowest BCUT2D eigenvalue weighted by atomic mass is 10.1. The summed E-state index contributed by atoms with van der Waals surface area (Å²) >= 11 is 0. The second-order valence-electron chi connectivity index (χ2n) is 5.00. The first-order valence-electron chi connectivity index (χ1n) is 6.91. The van der Waals surface area contributed by atoms with Crippen LogP contribution in [0, 0.1) is 13.8 Å². The maximum Gasteiger partial charge on any atom is 0.255 e. The molecule has 0 unspecified atom stereocenters. The van der Waals surface area contributed by atoms with Crippen molar-refractivity contribution < 1.29 is 9.53 Å². The first-order chi connectivity index (χ1) is 9.99. The second kappa shape index (κ2) is 6.31. The van der Waals surface area contributed by atoms with Crippen LogP contribution in [0.3, 0.4) is 0 Å². The molecule has 0 fully saturated rings. The van der Waals surface area contributed by atoms with E-state index in [0.717, 1.165) is 22.6 Å². The van der Waals surface area contributed by atoms with Crippen LogP contribution in [0.15, 0.2) is 36.4 Å². The summed E-state index contributed by atoms with van der Waals surface area (Å²) in [5.74, 6) is 0.630. The monoisotopic (exact) mass is 284 g/mol. The number of carbonyl (C=O) groups is 1. The SMILES string of the molecule is CCOc1ccc(NC(=O)c2cc(C)cc(N)c2)c(C)c1. The van der Waals surface area contributed by atoms with Crippen molar-refractivity contribution >= 4 is 17.3 Å². The Morgan fingerprint density at radius 2 is 1.95 bits per heavy atom. The summed E-state index contributed by atoms with van der Waals surface area (Å²) in [5, 5.41) is 2.90. The highest BCUT2D eigenvalue weighted by Crippen LogP contribution is 2.22. The average Bonchev–Trinajstić information content (AvgIpc) is 2.41. The van der Waals surface area contributed by atoms with E-state index in [1.165, 1.54) is 0 Å².